The van der Waals surface area contributed by atoms with Gasteiger partial charge in [0.25, 0.3) is 5.91 Å². The number of rotatable bonds is 4. The van der Waals surface area contributed by atoms with Crippen LogP contribution in [0.25, 0.3) is 0 Å². The highest BCUT2D eigenvalue weighted by Gasteiger charge is 2.26. The molecule has 2 aliphatic heterocycles. The smallest absolute Gasteiger partial charge is 0.270 e. The van der Waals surface area contributed by atoms with Crippen LogP contribution >= 0.6 is 0 Å². The summed E-state index contributed by atoms with van der Waals surface area (Å²) in [6.07, 6.45) is 3.98. The maximum atomic E-state index is 12.6. The maximum absolute atomic E-state index is 12.6. The van der Waals surface area contributed by atoms with Crippen LogP contribution in [-0.4, -0.2) is 90.4 Å². The second kappa shape index (κ2) is 13.1. The van der Waals surface area contributed by atoms with Crippen molar-refractivity contribution in [3.63, 3.8) is 0 Å². The minimum atomic E-state index is -0.165. The van der Waals surface area contributed by atoms with Crippen molar-refractivity contribution >= 4 is 11.8 Å². The van der Waals surface area contributed by atoms with E-state index in [0.29, 0.717) is 25.3 Å². The molecule has 0 unspecified atom stereocenters. The van der Waals surface area contributed by atoms with Gasteiger partial charge in [-0.2, -0.15) is 0 Å². The Kier molecular flexibility index (Phi) is 10.5. The number of nitrogens with zero attached hydrogens (tertiary/aromatic N) is 4. The minimum absolute atomic E-state index is 0.0801. The Morgan fingerprint density at radius 3 is 2.35 bits per heavy atom. The summed E-state index contributed by atoms with van der Waals surface area (Å²) in [4.78, 5) is 35.7. The Balaban J connectivity index is 0.00000166. The molecule has 0 aromatic carbocycles. The van der Waals surface area contributed by atoms with Crippen molar-refractivity contribution in [2.75, 3.05) is 52.9 Å². The third-order valence-electron chi connectivity index (χ3n) is 5.54. The largest absolute Gasteiger partial charge is 0.348 e. The zero-order valence-corrected chi connectivity index (χ0v) is 19.5. The molecular weight excluding hydrogens is 390 g/mol. The van der Waals surface area contributed by atoms with Gasteiger partial charge in [0.1, 0.15) is 5.69 Å². The fourth-order valence-electron chi connectivity index (χ4n) is 3.62. The number of piperidine rings is 1. The lowest BCUT2D eigenvalue weighted by atomic mass is 10.0. The van der Waals surface area contributed by atoms with Gasteiger partial charge in [0.15, 0.2) is 0 Å². The molecule has 2 fully saturated rings. The normalized spacial score (nSPS) is 17.7. The number of hydrogen-bond donors (Lipinski definition) is 1. The van der Waals surface area contributed by atoms with Crippen molar-refractivity contribution in [3.05, 3.63) is 29.6 Å². The topological polar surface area (TPSA) is 68.8 Å². The molecule has 31 heavy (non-hydrogen) atoms. The number of carbonyl (C=O) groups excluding carboxylic acids is 2. The number of likely N-dealkylation sites (N-methyl/N-ethyl adjacent to an activating group) is 1. The van der Waals surface area contributed by atoms with E-state index in [0.717, 1.165) is 51.0 Å². The molecule has 7 nitrogen and oxygen atoms in total. The second-order valence-electron chi connectivity index (χ2n) is 7.80. The molecule has 3 rings (SSSR count). The SMILES string of the molecule is CC.CCC#Cc1ccc(C(=O)NC2CCN(C(=O)CN3CCN(C)CC3)CC2)nc1. The van der Waals surface area contributed by atoms with Gasteiger partial charge in [-0.3, -0.25) is 14.5 Å². The molecule has 2 saturated heterocycles. The molecule has 0 spiro atoms. The number of aromatic nitrogens is 1. The van der Waals surface area contributed by atoms with Gasteiger partial charge in [0.05, 0.1) is 6.54 Å². The number of piperazine rings is 1. The zero-order valence-electron chi connectivity index (χ0n) is 19.5. The summed E-state index contributed by atoms with van der Waals surface area (Å²) < 4.78 is 0. The second-order valence-corrected chi connectivity index (χ2v) is 7.80. The Bertz CT molecular complexity index is 752. The molecule has 1 aromatic rings. The average molecular weight is 428 g/mol. The van der Waals surface area contributed by atoms with Gasteiger partial charge < -0.3 is 15.1 Å². The highest BCUT2D eigenvalue weighted by molar-refractivity contribution is 5.92. The predicted molar refractivity (Wildman–Crippen MR) is 124 cm³/mol. The van der Waals surface area contributed by atoms with Gasteiger partial charge in [-0.1, -0.05) is 32.6 Å². The van der Waals surface area contributed by atoms with Crippen LogP contribution in [0.15, 0.2) is 18.3 Å². The molecule has 0 saturated carbocycles. The van der Waals surface area contributed by atoms with Gasteiger partial charge in [-0.25, -0.2) is 4.98 Å². The minimum Gasteiger partial charge on any atom is -0.348 e. The van der Waals surface area contributed by atoms with Crippen LogP contribution < -0.4 is 5.32 Å². The van der Waals surface area contributed by atoms with Gasteiger partial charge in [0, 0.05) is 63.5 Å². The van der Waals surface area contributed by atoms with Gasteiger partial charge in [-0.15, -0.1) is 0 Å². The van der Waals surface area contributed by atoms with E-state index in [9.17, 15) is 9.59 Å². The van der Waals surface area contributed by atoms with Crippen LogP contribution in [-0.2, 0) is 4.79 Å². The number of hydrogen-bond acceptors (Lipinski definition) is 5. The van der Waals surface area contributed by atoms with Crippen molar-refractivity contribution in [1.29, 1.82) is 0 Å². The Labute approximate surface area is 187 Å². The number of amides is 2. The van der Waals surface area contributed by atoms with Crippen molar-refractivity contribution in [1.82, 2.24) is 25.0 Å². The molecule has 1 N–H and O–H groups in total. The molecule has 170 valence electrons. The molecular formula is C24H37N5O2. The lowest BCUT2D eigenvalue weighted by molar-refractivity contribution is -0.133. The van der Waals surface area contributed by atoms with E-state index in [4.69, 9.17) is 0 Å². The van der Waals surface area contributed by atoms with Crippen molar-refractivity contribution < 1.29 is 9.59 Å². The molecule has 1 aromatic heterocycles. The highest BCUT2D eigenvalue weighted by Crippen LogP contribution is 2.12. The first-order valence-corrected chi connectivity index (χ1v) is 11.5. The molecule has 2 amide bonds. The van der Waals surface area contributed by atoms with Crippen molar-refractivity contribution in [2.45, 2.75) is 46.1 Å². The number of nitrogens with one attached hydrogen (secondary N) is 1. The van der Waals surface area contributed by atoms with E-state index in [1.807, 2.05) is 31.7 Å². The monoisotopic (exact) mass is 427 g/mol. The van der Waals surface area contributed by atoms with E-state index in [1.54, 1.807) is 12.3 Å². The van der Waals surface area contributed by atoms with Crippen molar-refractivity contribution in [2.24, 2.45) is 0 Å². The maximum Gasteiger partial charge on any atom is 0.270 e. The fourth-order valence-corrected chi connectivity index (χ4v) is 3.62. The van der Waals surface area contributed by atoms with Crippen LogP contribution in [0, 0.1) is 11.8 Å². The molecule has 3 heterocycles. The van der Waals surface area contributed by atoms with Crippen LogP contribution in [0.5, 0.6) is 0 Å². The summed E-state index contributed by atoms with van der Waals surface area (Å²) in [5, 5.41) is 3.05. The van der Waals surface area contributed by atoms with Gasteiger partial charge in [0.2, 0.25) is 5.91 Å². The summed E-state index contributed by atoms with van der Waals surface area (Å²) in [5.74, 6) is 6.03. The molecule has 0 radical (unpaired) electrons. The lowest BCUT2D eigenvalue weighted by Crippen LogP contribution is -2.51. The fraction of sp³-hybridized carbons (Fsp3) is 0.625. The zero-order chi connectivity index (χ0) is 22.6. The number of carbonyl (C=O) groups is 2. The first kappa shape index (κ1) is 24.8. The van der Waals surface area contributed by atoms with Crippen LogP contribution in [0.4, 0.5) is 0 Å². The van der Waals surface area contributed by atoms with E-state index >= 15 is 0 Å². The third-order valence-corrected chi connectivity index (χ3v) is 5.54. The van der Waals surface area contributed by atoms with E-state index in [-0.39, 0.29) is 17.9 Å². The quantitative estimate of drug-likeness (QED) is 0.743. The molecule has 7 heteroatoms. The van der Waals surface area contributed by atoms with Crippen LogP contribution in [0.3, 0.4) is 0 Å². The van der Waals surface area contributed by atoms with Crippen molar-refractivity contribution in [3.8, 4) is 11.8 Å². The summed E-state index contributed by atoms with van der Waals surface area (Å²) in [6.45, 7) is 11.8. The molecule has 2 aliphatic rings. The van der Waals surface area contributed by atoms with Gasteiger partial charge >= 0.3 is 0 Å². The molecule has 0 bridgehead atoms. The molecule has 0 atom stereocenters. The number of pyridine rings is 1. The van der Waals surface area contributed by atoms with E-state index < -0.39 is 0 Å². The lowest BCUT2D eigenvalue weighted by Gasteiger charge is -2.36. The summed E-state index contributed by atoms with van der Waals surface area (Å²) in [5.41, 5.74) is 1.22. The first-order valence-electron chi connectivity index (χ1n) is 11.5. The summed E-state index contributed by atoms with van der Waals surface area (Å²) in [7, 11) is 2.11. The summed E-state index contributed by atoms with van der Waals surface area (Å²) in [6, 6.07) is 3.62. The standard InChI is InChI=1S/C22H31N5O2.C2H6/c1-3-4-5-18-6-7-20(23-16-18)22(29)24-19-8-10-27(11-9-19)21(28)17-26-14-12-25(2)13-15-26;1-2/h6-7,16,19H,3,8-15,17H2,1-2H3,(H,24,29);1-2H3. The Morgan fingerprint density at radius 2 is 1.77 bits per heavy atom. The Morgan fingerprint density at radius 1 is 1.10 bits per heavy atom. The first-order chi connectivity index (χ1) is 15.0. The number of likely N-dealkylation sites (tertiary alicyclic amines) is 1. The van der Waals surface area contributed by atoms with Gasteiger partial charge in [-0.05, 0) is 32.0 Å². The van der Waals surface area contributed by atoms with E-state index in [1.165, 1.54) is 0 Å². The Hall–Kier alpha value is -2.43. The summed E-state index contributed by atoms with van der Waals surface area (Å²) >= 11 is 0. The average Bonchev–Trinajstić information content (AvgIpc) is 2.81. The van der Waals surface area contributed by atoms with E-state index in [2.05, 4.69) is 39.0 Å². The highest BCUT2D eigenvalue weighted by atomic mass is 16.2. The van der Waals surface area contributed by atoms with Crippen LogP contribution in [0.2, 0.25) is 0 Å². The predicted octanol–water partition coefficient (Wildman–Crippen LogP) is 1.84. The van der Waals surface area contributed by atoms with Crippen LogP contribution in [0.1, 0.15) is 56.1 Å². The third kappa shape index (κ3) is 7.97. The molecule has 0 aliphatic carbocycles.